The van der Waals surface area contributed by atoms with Crippen molar-refractivity contribution in [3.8, 4) is 0 Å². The Morgan fingerprint density at radius 2 is 0.960 bits per heavy atom. The zero-order chi connectivity index (χ0) is 37.0. The summed E-state index contributed by atoms with van der Waals surface area (Å²) in [5.74, 6) is -1.02. The lowest BCUT2D eigenvalue weighted by Crippen LogP contribution is -2.53. The standard InChI is InChI=1S/C39H79N2O8P/c1-4-7-9-11-13-15-17-19-21-23-25-27-29-31-37(42)46-35-39(40,36-48-50(44,45)47-34-33-41-6-3)49-38(43)32-30-28-26-24-22-20-18-16-14-12-10-8-5-2/h41H,4-36,40H2,1-3H3,(H,44,45). The maximum absolute atomic E-state index is 12.7. The Bertz CT molecular complexity index is 834. The highest BCUT2D eigenvalue weighted by molar-refractivity contribution is 7.47. The highest BCUT2D eigenvalue weighted by Crippen LogP contribution is 2.43. The summed E-state index contributed by atoms with van der Waals surface area (Å²) in [6.07, 6.45) is 31.6. The third kappa shape index (κ3) is 34.1. The Kier molecular flexibility index (Phi) is 34.3. The lowest BCUT2D eigenvalue weighted by Gasteiger charge is -2.29. The summed E-state index contributed by atoms with van der Waals surface area (Å²) in [5.41, 5.74) is 4.39. The summed E-state index contributed by atoms with van der Waals surface area (Å²) in [4.78, 5) is 35.3. The summed E-state index contributed by atoms with van der Waals surface area (Å²) in [7, 11) is -4.47. The molecular formula is C39H79N2O8P. The average molecular weight is 735 g/mol. The molecule has 0 saturated heterocycles. The number of unbranched alkanes of at least 4 members (excludes halogenated alkanes) is 24. The van der Waals surface area contributed by atoms with Gasteiger partial charge in [-0.1, -0.05) is 175 Å². The SMILES string of the molecule is CCCCCCCCCCCCCCCC(=O)OCC(N)(COP(=O)(O)OCCNCC)OC(=O)CCCCCCCCCCCCCCC. The second kappa shape index (κ2) is 35.0. The fourth-order valence-electron chi connectivity index (χ4n) is 5.87. The first-order chi connectivity index (χ1) is 24.2. The average Bonchev–Trinajstić information content (AvgIpc) is 3.09. The maximum atomic E-state index is 12.7. The Morgan fingerprint density at radius 3 is 1.36 bits per heavy atom. The summed E-state index contributed by atoms with van der Waals surface area (Å²) in [6.45, 7) is 6.26. The molecule has 0 heterocycles. The molecule has 2 atom stereocenters. The van der Waals surface area contributed by atoms with E-state index in [0.29, 0.717) is 25.9 Å². The van der Waals surface area contributed by atoms with Crippen LogP contribution in [-0.2, 0) is 32.7 Å². The highest BCUT2D eigenvalue weighted by Gasteiger charge is 2.36. The summed E-state index contributed by atoms with van der Waals surface area (Å²) in [6, 6.07) is 0. The lowest BCUT2D eigenvalue weighted by molar-refractivity contribution is -0.177. The van der Waals surface area contributed by atoms with Crippen molar-refractivity contribution < 1.29 is 37.6 Å². The number of hydrogen-bond donors (Lipinski definition) is 3. The van der Waals surface area contributed by atoms with E-state index in [2.05, 4.69) is 19.2 Å². The van der Waals surface area contributed by atoms with Gasteiger partial charge in [0, 0.05) is 19.4 Å². The first kappa shape index (κ1) is 49.0. The highest BCUT2D eigenvalue weighted by atomic mass is 31.2. The number of likely N-dealkylation sites (N-methyl/N-ethyl adjacent to an activating group) is 1. The molecule has 0 aromatic carbocycles. The van der Waals surface area contributed by atoms with E-state index < -0.39 is 38.7 Å². The number of carbonyl (C=O) groups excluding carboxylic acids is 2. The maximum Gasteiger partial charge on any atom is 0.472 e. The Morgan fingerprint density at radius 1 is 0.580 bits per heavy atom. The molecule has 0 aromatic heterocycles. The van der Waals surface area contributed by atoms with Gasteiger partial charge in [-0.15, -0.1) is 0 Å². The van der Waals surface area contributed by atoms with E-state index in [1.807, 2.05) is 6.92 Å². The molecule has 4 N–H and O–H groups in total. The number of phosphoric acid groups is 1. The van der Waals surface area contributed by atoms with Crippen LogP contribution in [0.15, 0.2) is 0 Å². The second-order valence-corrected chi connectivity index (χ2v) is 15.6. The molecule has 0 spiro atoms. The van der Waals surface area contributed by atoms with E-state index in [-0.39, 0.29) is 19.4 Å². The minimum Gasteiger partial charge on any atom is -0.460 e. The number of nitrogens with one attached hydrogen (secondary N) is 1. The summed E-state index contributed by atoms with van der Waals surface area (Å²) >= 11 is 0. The topological polar surface area (TPSA) is 146 Å². The zero-order valence-electron chi connectivity index (χ0n) is 32.7. The smallest absolute Gasteiger partial charge is 0.460 e. The van der Waals surface area contributed by atoms with Gasteiger partial charge >= 0.3 is 19.8 Å². The molecule has 0 aliphatic heterocycles. The molecule has 0 rings (SSSR count). The largest absolute Gasteiger partial charge is 0.472 e. The van der Waals surface area contributed by atoms with Gasteiger partial charge in [0.2, 0.25) is 5.72 Å². The van der Waals surface area contributed by atoms with Crippen molar-refractivity contribution in [2.24, 2.45) is 5.73 Å². The van der Waals surface area contributed by atoms with Crippen molar-refractivity contribution in [2.45, 2.75) is 206 Å². The van der Waals surface area contributed by atoms with Gasteiger partial charge in [-0.2, -0.15) is 0 Å². The van der Waals surface area contributed by atoms with Crippen LogP contribution >= 0.6 is 7.82 Å². The van der Waals surface area contributed by atoms with Crippen LogP contribution in [0.25, 0.3) is 0 Å². The van der Waals surface area contributed by atoms with Crippen LogP contribution in [0.5, 0.6) is 0 Å². The van der Waals surface area contributed by atoms with Gasteiger partial charge in [-0.3, -0.25) is 24.4 Å². The quantitative estimate of drug-likeness (QED) is 0.0241. The van der Waals surface area contributed by atoms with Crippen LogP contribution < -0.4 is 11.1 Å². The summed E-state index contributed by atoms with van der Waals surface area (Å²) in [5, 5.41) is 2.98. The van der Waals surface area contributed by atoms with Crippen molar-refractivity contribution in [1.82, 2.24) is 5.32 Å². The van der Waals surface area contributed by atoms with E-state index in [1.165, 1.54) is 122 Å². The van der Waals surface area contributed by atoms with Gasteiger partial charge in [-0.25, -0.2) is 4.57 Å². The number of carbonyl (C=O) groups is 2. The molecule has 0 aliphatic carbocycles. The van der Waals surface area contributed by atoms with Gasteiger partial charge < -0.3 is 19.7 Å². The third-order valence-corrected chi connectivity index (χ3v) is 9.98. The molecule has 0 aromatic rings. The molecule has 0 bridgehead atoms. The molecule has 10 nitrogen and oxygen atoms in total. The molecule has 298 valence electrons. The monoisotopic (exact) mass is 735 g/mol. The fraction of sp³-hybridized carbons (Fsp3) is 0.949. The third-order valence-electron chi connectivity index (χ3n) is 9.02. The van der Waals surface area contributed by atoms with Crippen LogP contribution in [-0.4, -0.2) is 55.5 Å². The number of nitrogens with two attached hydrogens (primary N) is 1. The van der Waals surface area contributed by atoms with Crippen LogP contribution in [0.4, 0.5) is 0 Å². The van der Waals surface area contributed by atoms with Crippen molar-refractivity contribution in [3.05, 3.63) is 0 Å². The van der Waals surface area contributed by atoms with E-state index in [4.69, 9.17) is 24.3 Å². The van der Waals surface area contributed by atoms with Crippen LogP contribution in [0.3, 0.4) is 0 Å². The fourth-order valence-corrected chi connectivity index (χ4v) is 6.64. The van der Waals surface area contributed by atoms with E-state index in [9.17, 15) is 19.0 Å². The van der Waals surface area contributed by atoms with Crippen molar-refractivity contribution in [3.63, 3.8) is 0 Å². The predicted molar refractivity (Wildman–Crippen MR) is 205 cm³/mol. The molecule has 2 unspecified atom stereocenters. The first-order valence-electron chi connectivity index (χ1n) is 20.7. The molecule has 0 amide bonds. The normalized spacial score (nSPS) is 13.9. The Hall–Kier alpha value is -1.03. The Labute approximate surface area is 307 Å². The molecule has 0 fully saturated rings. The summed E-state index contributed by atoms with van der Waals surface area (Å²) < 4.78 is 33.3. The number of hydrogen-bond acceptors (Lipinski definition) is 9. The van der Waals surface area contributed by atoms with Crippen molar-refractivity contribution in [1.29, 1.82) is 0 Å². The van der Waals surface area contributed by atoms with Gasteiger partial charge in [0.25, 0.3) is 0 Å². The molecule has 0 radical (unpaired) electrons. The Balaban J connectivity index is 4.44. The molecule has 11 heteroatoms. The first-order valence-corrected chi connectivity index (χ1v) is 22.2. The number of phosphoric ester groups is 1. The number of rotatable bonds is 39. The minimum atomic E-state index is -4.47. The van der Waals surface area contributed by atoms with Gasteiger partial charge in [0.15, 0.2) is 0 Å². The van der Waals surface area contributed by atoms with Gasteiger partial charge in [0.1, 0.15) is 13.2 Å². The predicted octanol–water partition coefficient (Wildman–Crippen LogP) is 10.4. The molecular weight excluding hydrogens is 655 g/mol. The molecule has 0 saturated carbocycles. The van der Waals surface area contributed by atoms with Crippen LogP contribution in [0.2, 0.25) is 0 Å². The zero-order valence-corrected chi connectivity index (χ0v) is 33.6. The lowest BCUT2D eigenvalue weighted by atomic mass is 10.0. The van der Waals surface area contributed by atoms with Gasteiger partial charge in [0.05, 0.1) is 6.61 Å². The van der Waals surface area contributed by atoms with Crippen LogP contribution in [0.1, 0.15) is 201 Å². The number of esters is 2. The van der Waals surface area contributed by atoms with Crippen molar-refractivity contribution in [2.75, 3.05) is 32.9 Å². The minimum absolute atomic E-state index is 0.0495. The molecule has 0 aliphatic rings. The van der Waals surface area contributed by atoms with E-state index >= 15 is 0 Å². The van der Waals surface area contributed by atoms with Crippen LogP contribution in [0, 0.1) is 0 Å². The number of ether oxygens (including phenoxy) is 2. The van der Waals surface area contributed by atoms with Crippen molar-refractivity contribution >= 4 is 19.8 Å². The second-order valence-electron chi connectivity index (χ2n) is 14.1. The van der Waals surface area contributed by atoms with E-state index in [1.54, 1.807) is 0 Å². The van der Waals surface area contributed by atoms with Gasteiger partial charge in [-0.05, 0) is 19.4 Å². The van der Waals surface area contributed by atoms with E-state index in [0.717, 1.165) is 32.1 Å². The molecule has 50 heavy (non-hydrogen) atoms.